The summed E-state index contributed by atoms with van der Waals surface area (Å²) in [5.74, 6) is 3.68. The number of amidine groups is 1. The summed E-state index contributed by atoms with van der Waals surface area (Å²) in [7, 11) is 0. The molecule has 0 amide bonds. The average molecular weight is 204 g/mol. The molecule has 0 saturated carbocycles. The number of hydrogen-bond acceptors (Lipinski definition) is 4. The fraction of sp³-hybridized carbons (Fsp3) is 0.500. The topological polar surface area (TPSA) is 90.7 Å². The van der Waals surface area contributed by atoms with Gasteiger partial charge in [-0.3, -0.25) is 0 Å². The predicted molar refractivity (Wildman–Crippen MR) is 46.9 cm³/mol. The minimum atomic E-state index is -0.681. The first-order valence-electron chi connectivity index (χ1n) is 2.42. The summed E-state index contributed by atoms with van der Waals surface area (Å²) in [5, 5.41) is 2.93. The van der Waals surface area contributed by atoms with Gasteiger partial charge in [-0.2, -0.15) is 5.10 Å². The third-order valence-electron chi connectivity index (χ3n) is 0.624. The fourth-order valence-corrected chi connectivity index (χ4v) is 0.258. The van der Waals surface area contributed by atoms with Crippen molar-refractivity contribution in [3.8, 4) is 0 Å². The van der Waals surface area contributed by atoms with Crippen LogP contribution in [0.4, 0.5) is 0 Å². The van der Waals surface area contributed by atoms with E-state index in [-0.39, 0.29) is 37.3 Å². The number of nitrogens with zero attached hydrogens (tertiary/aromatic N) is 1. The molecule has 0 atom stereocenters. The number of carbonyl (C=O) groups is 1. The quantitative estimate of drug-likeness (QED) is 0.200. The summed E-state index contributed by atoms with van der Waals surface area (Å²) in [6.07, 6.45) is 0. The molecule has 0 aromatic carbocycles. The van der Waals surface area contributed by atoms with Crippen molar-refractivity contribution in [3.63, 3.8) is 0 Å². The number of nitrogens with two attached hydrogens (primary N) is 2. The Bertz CT molecular complexity index is 139. The van der Waals surface area contributed by atoms with Crippen LogP contribution in [0.5, 0.6) is 0 Å². The van der Waals surface area contributed by atoms with E-state index in [1.54, 1.807) is 6.92 Å². The Morgan fingerprint density at radius 3 is 2.27 bits per heavy atom. The summed E-state index contributed by atoms with van der Waals surface area (Å²) in [6.45, 7) is 1.94. The molecule has 0 heterocycles. The summed E-state index contributed by atoms with van der Waals surface area (Å²) < 4.78 is 4.42. The van der Waals surface area contributed by atoms with Gasteiger partial charge in [-0.15, -0.1) is 24.8 Å². The molecule has 5 nitrogen and oxygen atoms in total. The molecular weight excluding hydrogens is 193 g/mol. The molecule has 0 saturated heterocycles. The maximum Gasteiger partial charge on any atom is 0.375 e. The van der Waals surface area contributed by atoms with Crippen molar-refractivity contribution in [2.24, 2.45) is 16.7 Å². The Balaban J connectivity index is -0.000000320. The van der Waals surface area contributed by atoms with Gasteiger partial charge >= 0.3 is 5.97 Å². The van der Waals surface area contributed by atoms with E-state index in [0.717, 1.165) is 0 Å². The minimum Gasteiger partial charge on any atom is -0.460 e. The molecule has 68 valence electrons. The number of hydrogen-bond donors (Lipinski definition) is 2. The Kier molecular flexibility index (Phi) is 14.2. The summed E-state index contributed by atoms with van der Waals surface area (Å²) in [5.41, 5.74) is 4.95. The van der Waals surface area contributed by atoms with Crippen molar-refractivity contribution in [1.29, 1.82) is 0 Å². The van der Waals surface area contributed by atoms with E-state index in [9.17, 15) is 4.79 Å². The smallest absolute Gasteiger partial charge is 0.375 e. The molecule has 0 bridgehead atoms. The van der Waals surface area contributed by atoms with Gasteiger partial charge in [0.15, 0.2) is 0 Å². The molecule has 0 fully saturated rings. The molecule has 0 unspecified atom stereocenters. The zero-order valence-corrected chi connectivity index (χ0v) is 7.58. The van der Waals surface area contributed by atoms with Gasteiger partial charge in [0.1, 0.15) is 0 Å². The zero-order valence-electron chi connectivity index (χ0n) is 5.94. The van der Waals surface area contributed by atoms with Crippen LogP contribution in [0, 0.1) is 0 Å². The van der Waals surface area contributed by atoms with Crippen LogP contribution in [0.15, 0.2) is 5.10 Å². The molecule has 7 heteroatoms. The lowest BCUT2D eigenvalue weighted by Crippen LogP contribution is -2.27. The molecule has 0 aliphatic rings. The molecule has 0 aromatic rings. The third-order valence-corrected chi connectivity index (χ3v) is 0.624. The van der Waals surface area contributed by atoms with Gasteiger partial charge in [-0.25, -0.2) is 4.79 Å². The van der Waals surface area contributed by atoms with Crippen molar-refractivity contribution in [3.05, 3.63) is 0 Å². The first-order valence-corrected chi connectivity index (χ1v) is 2.42. The van der Waals surface area contributed by atoms with Crippen molar-refractivity contribution >= 4 is 36.6 Å². The normalized spacial score (nSPS) is 9.00. The van der Waals surface area contributed by atoms with Gasteiger partial charge < -0.3 is 16.3 Å². The highest BCUT2D eigenvalue weighted by Gasteiger charge is 2.04. The Morgan fingerprint density at radius 1 is 1.55 bits per heavy atom. The lowest BCUT2D eigenvalue weighted by Gasteiger charge is -1.96. The van der Waals surface area contributed by atoms with E-state index in [0.29, 0.717) is 0 Å². The average Bonchev–Trinajstić information content (AvgIpc) is 1.87. The van der Waals surface area contributed by atoms with Gasteiger partial charge in [0.25, 0.3) is 0 Å². The van der Waals surface area contributed by atoms with Crippen LogP contribution in [0.25, 0.3) is 0 Å². The maximum atomic E-state index is 10.4. The maximum absolute atomic E-state index is 10.4. The molecule has 0 spiro atoms. The fourth-order valence-electron chi connectivity index (χ4n) is 0.258. The monoisotopic (exact) mass is 203 g/mol. The van der Waals surface area contributed by atoms with Gasteiger partial charge in [-0.1, -0.05) is 0 Å². The van der Waals surface area contributed by atoms with Crippen LogP contribution >= 0.6 is 24.8 Å². The van der Waals surface area contributed by atoms with Crippen LogP contribution in [-0.4, -0.2) is 18.4 Å². The van der Waals surface area contributed by atoms with Gasteiger partial charge in [0, 0.05) is 0 Å². The van der Waals surface area contributed by atoms with E-state index in [4.69, 9.17) is 5.73 Å². The number of rotatable bonds is 1. The number of halogens is 2. The van der Waals surface area contributed by atoms with Crippen LogP contribution in [0.3, 0.4) is 0 Å². The first kappa shape index (κ1) is 16.7. The van der Waals surface area contributed by atoms with Crippen LogP contribution in [0.2, 0.25) is 0 Å². The van der Waals surface area contributed by atoms with Crippen LogP contribution < -0.4 is 11.6 Å². The number of esters is 1. The van der Waals surface area contributed by atoms with E-state index in [1.807, 2.05) is 0 Å². The zero-order chi connectivity index (χ0) is 7.28. The SMILES string of the molecule is CCOC(=O)C(N)=NN.Cl.Cl. The van der Waals surface area contributed by atoms with Crippen LogP contribution in [0.1, 0.15) is 6.92 Å². The molecule has 0 radical (unpaired) electrons. The third kappa shape index (κ3) is 7.21. The standard InChI is InChI=1S/C4H9N3O2.2ClH/c1-2-9-4(8)3(5)7-6;;/h2,6H2,1H3,(H2,5,7);2*1H. The highest BCUT2D eigenvalue weighted by atomic mass is 35.5. The van der Waals surface area contributed by atoms with Crippen molar-refractivity contribution in [1.82, 2.24) is 0 Å². The van der Waals surface area contributed by atoms with Crippen molar-refractivity contribution in [2.45, 2.75) is 6.92 Å². The summed E-state index contributed by atoms with van der Waals surface area (Å²) in [4.78, 5) is 10.4. The number of carbonyl (C=O) groups excluding carboxylic acids is 1. The number of ether oxygens (including phenoxy) is 1. The van der Waals surface area contributed by atoms with Crippen molar-refractivity contribution < 1.29 is 9.53 Å². The first-order chi connectivity index (χ1) is 4.22. The highest BCUT2D eigenvalue weighted by Crippen LogP contribution is 1.75. The van der Waals surface area contributed by atoms with Gasteiger partial charge in [0.2, 0.25) is 5.84 Å². The summed E-state index contributed by atoms with van der Waals surface area (Å²) in [6, 6.07) is 0. The molecule has 0 aromatic heterocycles. The second kappa shape index (κ2) is 9.32. The Hall–Kier alpha value is -0.680. The second-order valence-electron chi connectivity index (χ2n) is 1.23. The van der Waals surface area contributed by atoms with Crippen molar-refractivity contribution in [2.75, 3.05) is 6.61 Å². The van der Waals surface area contributed by atoms with E-state index in [2.05, 4.69) is 15.7 Å². The van der Waals surface area contributed by atoms with Gasteiger partial charge in [0.05, 0.1) is 6.61 Å². The van der Waals surface area contributed by atoms with E-state index >= 15 is 0 Å². The van der Waals surface area contributed by atoms with Gasteiger partial charge in [-0.05, 0) is 6.92 Å². The molecule has 0 aliphatic carbocycles. The molecular formula is C4H11Cl2N3O2. The Labute approximate surface area is 77.0 Å². The lowest BCUT2D eigenvalue weighted by molar-refractivity contribution is -0.135. The minimum absolute atomic E-state index is 0. The number of hydrazone groups is 1. The second-order valence-corrected chi connectivity index (χ2v) is 1.23. The largest absolute Gasteiger partial charge is 0.460 e. The highest BCUT2D eigenvalue weighted by molar-refractivity contribution is 6.34. The lowest BCUT2D eigenvalue weighted by atomic mass is 10.6. The van der Waals surface area contributed by atoms with E-state index < -0.39 is 5.97 Å². The molecule has 0 aliphatic heterocycles. The van der Waals surface area contributed by atoms with Crippen LogP contribution in [-0.2, 0) is 9.53 Å². The Morgan fingerprint density at radius 2 is 2.00 bits per heavy atom. The molecule has 11 heavy (non-hydrogen) atoms. The molecule has 4 N–H and O–H groups in total. The van der Waals surface area contributed by atoms with E-state index in [1.165, 1.54) is 0 Å². The summed E-state index contributed by atoms with van der Waals surface area (Å²) >= 11 is 0. The molecule has 0 rings (SSSR count). The predicted octanol–water partition coefficient (Wildman–Crippen LogP) is -0.376.